The van der Waals surface area contributed by atoms with Crippen molar-refractivity contribution in [2.45, 2.75) is 13.0 Å². The molecule has 0 bridgehead atoms. The van der Waals surface area contributed by atoms with Crippen LogP contribution in [0.2, 0.25) is 0 Å². The molecule has 1 fully saturated rings. The van der Waals surface area contributed by atoms with Gasteiger partial charge in [0.15, 0.2) is 0 Å². The predicted octanol–water partition coefficient (Wildman–Crippen LogP) is 2.36. The van der Waals surface area contributed by atoms with Crippen molar-refractivity contribution in [2.75, 3.05) is 19.6 Å². The van der Waals surface area contributed by atoms with E-state index in [0.717, 1.165) is 30.0 Å². The third kappa shape index (κ3) is 2.99. The molecule has 1 N–H and O–H groups in total. The van der Waals surface area contributed by atoms with E-state index in [0.29, 0.717) is 12.1 Å². The Morgan fingerprint density at radius 2 is 2.00 bits per heavy atom. The Hall–Kier alpha value is -2.99. The molecule has 0 radical (unpaired) electrons. The summed E-state index contributed by atoms with van der Waals surface area (Å²) in [6.07, 6.45) is 5.26. The van der Waals surface area contributed by atoms with E-state index in [2.05, 4.69) is 15.4 Å². The van der Waals surface area contributed by atoms with Crippen LogP contribution in [0.3, 0.4) is 0 Å². The zero-order chi connectivity index (χ0) is 17.9. The van der Waals surface area contributed by atoms with Crippen molar-refractivity contribution in [3.63, 3.8) is 0 Å². The molecule has 132 valence electrons. The van der Waals surface area contributed by atoms with Crippen molar-refractivity contribution in [3.8, 4) is 5.69 Å². The highest BCUT2D eigenvalue weighted by Gasteiger charge is 2.30. The maximum absolute atomic E-state index is 13.3. The second kappa shape index (κ2) is 7.09. The summed E-state index contributed by atoms with van der Waals surface area (Å²) >= 11 is 0. The number of piperazine rings is 1. The summed E-state index contributed by atoms with van der Waals surface area (Å²) in [7, 11) is 0. The number of carbonyl (C=O) groups excluding carboxylic acids is 1. The number of rotatable bonds is 3. The zero-order valence-electron chi connectivity index (χ0n) is 14.7. The van der Waals surface area contributed by atoms with Gasteiger partial charge < -0.3 is 10.2 Å². The number of nitrogens with zero attached hydrogens (tertiary/aromatic N) is 4. The summed E-state index contributed by atoms with van der Waals surface area (Å²) in [6.45, 7) is 4.11. The van der Waals surface area contributed by atoms with Crippen LogP contribution in [0.15, 0.2) is 61.1 Å². The van der Waals surface area contributed by atoms with Gasteiger partial charge in [-0.1, -0.05) is 24.3 Å². The number of hydrogen-bond donors (Lipinski definition) is 1. The van der Waals surface area contributed by atoms with Crippen LogP contribution in [0.5, 0.6) is 0 Å². The number of hydrogen-bond acceptors (Lipinski definition) is 4. The summed E-state index contributed by atoms with van der Waals surface area (Å²) in [5, 5.41) is 7.81. The molecule has 1 atom stereocenters. The van der Waals surface area contributed by atoms with Crippen molar-refractivity contribution in [1.29, 1.82) is 0 Å². The normalized spacial score (nSPS) is 17.3. The number of aromatic nitrogens is 3. The first-order chi connectivity index (χ1) is 12.8. The SMILES string of the molecule is Cc1c(C(=O)N2CCNCC2c2cccnc2)cnn1-c1ccccc1. The van der Waals surface area contributed by atoms with Crippen LogP contribution in [0.1, 0.15) is 27.7 Å². The standard InChI is InChI=1S/C20H21N5O/c1-15-18(13-23-25(15)17-7-3-2-4-8-17)20(26)24-11-10-22-14-19(24)16-6-5-9-21-12-16/h2-9,12-13,19,22H,10-11,14H2,1H3. The minimum atomic E-state index is -0.0237. The lowest BCUT2D eigenvalue weighted by atomic mass is 10.0. The molecule has 4 rings (SSSR count). The molecular formula is C20H21N5O. The molecule has 0 aliphatic carbocycles. The fourth-order valence-corrected chi connectivity index (χ4v) is 3.42. The summed E-state index contributed by atoms with van der Waals surface area (Å²) in [5.41, 5.74) is 3.49. The molecule has 1 saturated heterocycles. The molecule has 0 saturated carbocycles. The van der Waals surface area contributed by atoms with Crippen LogP contribution in [-0.2, 0) is 0 Å². The predicted molar refractivity (Wildman–Crippen MR) is 99.2 cm³/mol. The molecule has 1 aliphatic heterocycles. The molecule has 1 unspecified atom stereocenters. The lowest BCUT2D eigenvalue weighted by Crippen LogP contribution is -2.48. The Balaban J connectivity index is 1.65. The van der Waals surface area contributed by atoms with Crippen LogP contribution in [0, 0.1) is 6.92 Å². The Bertz CT molecular complexity index is 891. The zero-order valence-corrected chi connectivity index (χ0v) is 14.7. The van der Waals surface area contributed by atoms with Gasteiger partial charge in [-0.25, -0.2) is 4.68 Å². The van der Waals surface area contributed by atoms with Crippen molar-refractivity contribution in [2.24, 2.45) is 0 Å². The average Bonchev–Trinajstić information content (AvgIpc) is 3.10. The fourth-order valence-electron chi connectivity index (χ4n) is 3.42. The molecule has 3 aromatic rings. The Morgan fingerprint density at radius 1 is 1.15 bits per heavy atom. The number of amides is 1. The quantitative estimate of drug-likeness (QED) is 0.790. The van der Waals surface area contributed by atoms with Gasteiger partial charge in [-0.2, -0.15) is 5.10 Å². The lowest BCUT2D eigenvalue weighted by Gasteiger charge is -2.36. The van der Waals surface area contributed by atoms with E-state index in [1.165, 1.54) is 0 Å². The van der Waals surface area contributed by atoms with Gasteiger partial charge in [0.25, 0.3) is 5.91 Å². The van der Waals surface area contributed by atoms with E-state index in [1.807, 2.05) is 65.2 Å². The molecule has 1 aliphatic rings. The maximum Gasteiger partial charge on any atom is 0.257 e. The molecule has 3 heterocycles. The molecule has 6 nitrogen and oxygen atoms in total. The molecule has 6 heteroatoms. The highest BCUT2D eigenvalue weighted by atomic mass is 16.2. The van der Waals surface area contributed by atoms with Gasteiger partial charge in [0.1, 0.15) is 0 Å². The topological polar surface area (TPSA) is 63.1 Å². The third-order valence-corrected chi connectivity index (χ3v) is 4.81. The number of para-hydroxylation sites is 1. The van der Waals surface area contributed by atoms with E-state index in [4.69, 9.17) is 0 Å². The van der Waals surface area contributed by atoms with Gasteiger partial charge in [0.2, 0.25) is 0 Å². The van der Waals surface area contributed by atoms with Crippen LogP contribution < -0.4 is 5.32 Å². The van der Waals surface area contributed by atoms with E-state index in [9.17, 15) is 4.79 Å². The fraction of sp³-hybridized carbons (Fsp3) is 0.250. The van der Waals surface area contributed by atoms with Crippen LogP contribution >= 0.6 is 0 Å². The summed E-state index contributed by atoms with van der Waals surface area (Å²) in [4.78, 5) is 19.4. The Labute approximate surface area is 152 Å². The summed E-state index contributed by atoms with van der Waals surface area (Å²) < 4.78 is 1.81. The first kappa shape index (κ1) is 16.5. The minimum absolute atomic E-state index is 0.0139. The molecule has 2 aromatic heterocycles. The molecular weight excluding hydrogens is 326 g/mol. The molecule has 0 spiro atoms. The van der Waals surface area contributed by atoms with Crippen molar-refractivity contribution >= 4 is 5.91 Å². The molecule has 1 aromatic carbocycles. The van der Waals surface area contributed by atoms with Crippen molar-refractivity contribution in [1.82, 2.24) is 25.0 Å². The number of pyridine rings is 1. The highest BCUT2D eigenvalue weighted by Crippen LogP contribution is 2.25. The van der Waals surface area contributed by atoms with Gasteiger partial charge in [0.05, 0.1) is 29.2 Å². The van der Waals surface area contributed by atoms with E-state index >= 15 is 0 Å². The molecule has 1 amide bonds. The van der Waals surface area contributed by atoms with E-state index < -0.39 is 0 Å². The van der Waals surface area contributed by atoms with Crippen LogP contribution in [0.25, 0.3) is 5.69 Å². The van der Waals surface area contributed by atoms with Gasteiger partial charge in [0, 0.05) is 32.0 Å². The first-order valence-electron chi connectivity index (χ1n) is 8.77. The first-order valence-corrected chi connectivity index (χ1v) is 8.77. The van der Waals surface area contributed by atoms with Crippen LogP contribution in [0.4, 0.5) is 0 Å². The maximum atomic E-state index is 13.3. The van der Waals surface area contributed by atoms with Gasteiger partial charge in [-0.05, 0) is 30.7 Å². The van der Waals surface area contributed by atoms with Gasteiger partial charge >= 0.3 is 0 Å². The monoisotopic (exact) mass is 347 g/mol. The van der Waals surface area contributed by atoms with Crippen LogP contribution in [-0.4, -0.2) is 45.2 Å². The third-order valence-electron chi connectivity index (χ3n) is 4.81. The summed E-state index contributed by atoms with van der Waals surface area (Å²) in [6, 6.07) is 13.8. The highest BCUT2D eigenvalue weighted by molar-refractivity contribution is 5.95. The van der Waals surface area contributed by atoms with Gasteiger partial charge in [-0.3, -0.25) is 9.78 Å². The summed E-state index contributed by atoms with van der Waals surface area (Å²) in [5.74, 6) is 0.0139. The lowest BCUT2D eigenvalue weighted by molar-refractivity contribution is 0.0633. The smallest absolute Gasteiger partial charge is 0.257 e. The van der Waals surface area contributed by atoms with E-state index in [1.54, 1.807) is 12.4 Å². The Morgan fingerprint density at radius 3 is 2.77 bits per heavy atom. The largest absolute Gasteiger partial charge is 0.329 e. The minimum Gasteiger partial charge on any atom is -0.329 e. The second-order valence-electron chi connectivity index (χ2n) is 6.40. The van der Waals surface area contributed by atoms with Gasteiger partial charge in [-0.15, -0.1) is 0 Å². The van der Waals surface area contributed by atoms with Crippen molar-refractivity contribution in [3.05, 3.63) is 77.9 Å². The molecule has 26 heavy (non-hydrogen) atoms. The average molecular weight is 347 g/mol. The number of nitrogens with one attached hydrogen (secondary N) is 1. The second-order valence-corrected chi connectivity index (χ2v) is 6.40. The van der Waals surface area contributed by atoms with Crippen molar-refractivity contribution < 1.29 is 4.79 Å². The Kier molecular flexibility index (Phi) is 4.50. The number of carbonyl (C=O) groups is 1. The van der Waals surface area contributed by atoms with E-state index in [-0.39, 0.29) is 11.9 Å². The number of benzene rings is 1.